The minimum Gasteiger partial charge on any atom is -0.307 e. The molecular weight excluding hydrogens is 228 g/mol. The van der Waals surface area contributed by atoms with E-state index in [1.54, 1.807) is 35.5 Å². The summed E-state index contributed by atoms with van der Waals surface area (Å²) in [7, 11) is 0. The molecule has 15 heavy (non-hydrogen) atoms. The number of aromatic nitrogens is 2. The Balaban J connectivity index is 1.93. The van der Waals surface area contributed by atoms with E-state index in [9.17, 15) is 0 Å². The first-order valence-electron chi connectivity index (χ1n) is 4.32. The fourth-order valence-electron chi connectivity index (χ4n) is 0.995. The second kappa shape index (κ2) is 5.11. The largest absolute Gasteiger partial charge is 0.307 e. The van der Waals surface area contributed by atoms with Gasteiger partial charge in [-0.15, -0.1) is 23.1 Å². The Kier molecular flexibility index (Phi) is 3.54. The van der Waals surface area contributed by atoms with Gasteiger partial charge in [0.25, 0.3) is 0 Å². The first-order chi connectivity index (χ1) is 7.38. The van der Waals surface area contributed by atoms with Crippen molar-refractivity contribution in [1.29, 1.82) is 0 Å². The van der Waals surface area contributed by atoms with E-state index in [1.807, 2.05) is 6.07 Å². The van der Waals surface area contributed by atoms with Crippen molar-refractivity contribution in [3.05, 3.63) is 35.6 Å². The van der Waals surface area contributed by atoms with Gasteiger partial charge in [-0.05, 0) is 11.4 Å². The SMILES string of the molecule is NNc1cnc(CSc2cccs2)cn1. The van der Waals surface area contributed by atoms with Crippen molar-refractivity contribution in [3.63, 3.8) is 0 Å². The van der Waals surface area contributed by atoms with Gasteiger partial charge >= 0.3 is 0 Å². The Hall–Kier alpha value is -1.11. The number of nitrogens with zero attached hydrogens (tertiary/aromatic N) is 2. The molecule has 0 aliphatic rings. The Morgan fingerprint density at radius 3 is 2.93 bits per heavy atom. The van der Waals surface area contributed by atoms with Crippen molar-refractivity contribution in [2.45, 2.75) is 9.96 Å². The minimum atomic E-state index is 0.583. The summed E-state index contributed by atoms with van der Waals surface area (Å²) < 4.78 is 1.29. The van der Waals surface area contributed by atoms with Crippen molar-refractivity contribution < 1.29 is 0 Å². The van der Waals surface area contributed by atoms with E-state index in [0.29, 0.717) is 5.82 Å². The first-order valence-corrected chi connectivity index (χ1v) is 6.19. The number of nitrogens with two attached hydrogens (primary N) is 1. The maximum Gasteiger partial charge on any atom is 0.158 e. The molecule has 4 nitrogen and oxygen atoms in total. The number of nitrogen functional groups attached to an aromatic ring is 1. The Morgan fingerprint density at radius 1 is 1.40 bits per heavy atom. The van der Waals surface area contributed by atoms with E-state index in [-0.39, 0.29) is 0 Å². The molecule has 0 aliphatic carbocycles. The molecule has 0 fully saturated rings. The van der Waals surface area contributed by atoms with Crippen LogP contribution in [0.25, 0.3) is 0 Å². The molecule has 0 unspecified atom stereocenters. The van der Waals surface area contributed by atoms with Crippen molar-refractivity contribution in [2.75, 3.05) is 5.43 Å². The highest BCUT2D eigenvalue weighted by Crippen LogP contribution is 2.26. The van der Waals surface area contributed by atoms with E-state index >= 15 is 0 Å². The number of thiophene rings is 1. The molecule has 6 heteroatoms. The molecule has 0 radical (unpaired) electrons. The second-order valence-corrected chi connectivity index (χ2v) is 4.98. The fraction of sp³-hybridized carbons (Fsp3) is 0.111. The smallest absolute Gasteiger partial charge is 0.158 e. The minimum absolute atomic E-state index is 0.583. The highest BCUT2D eigenvalue weighted by molar-refractivity contribution is 8.00. The van der Waals surface area contributed by atoms with Crippen LogP contribution in [0.2, 0.25) is 0 Å². The number of hydrogen-bond donors (Lipinski definition) is 2. The van der Waals surface area contributed by atoms with Crippen LogP contribution in [0.3, 0.4) is 0 Å². The van der Waals surface area contributed by atoms with Gasteiger partial charge in [-0.1, -0.05) is 6.07 Å². The van der Waals surface area contributed by atoms with E-state index in [4.69, 9.17) is 5.84 Å². The predicted molar refractivity (Wildman–Crippen MR) is 63.7 cm³/mol. The molecule has 78 valence electrons. The number of hydrogen-bond acceptors (Lipinski definition) is 6. The summed E-state index contributed by atoms with van der Waals surface area (Å²) in [5.74, 6) is 6.61. The van der Waals surface area contributed by atoms with E-state index < -0.39 is 0 Å². The summed E-state index contributed by atoms with van der Waals surface area (Å²) in [6, 6.07) is 4.14. The quantitative estimate of drug-likeness (QED) is 0.485. The third-order valence-corrected chi connectivity index (χ3v) is 3.88. The number of thioether (sulfide) groups is 1. The van der Waals surface area contributed by atoms with Crippen LogP contribution >= 0.6 is 23.1 Å². The average Bonchev–Trinajstić information content (AvgIpc) is 2.80. The summed E-state index contributed by atoms with van der Waals surface area (Å²) in [6.45, 7) is 0. The van der Waals surface area contributed by atoms with Gasteiger partial charge in [0.2, 0.25) is 0 Å². The molecular formula is C9H10N4S2. The highest BCUT2D eigenvalue weighted by atomic mass is 32.2. The molecule has 0 amide bonds. The zero-order valence-electron chi connectivity index (χ0n) is 7.88. The predicted octanol–water partition coefficient (Wildman–Crippen LogP) is 2.12. The topological polar surface area (TPSA) is 63.8 Å². The van der Waals surface area contributed by atoms with Crippen LogP contribution in [0.5, 0.6) is 0 Å². The van der Waals surface area contributed by atoms with Gasteiger partial charge in [0.1, 0.15) is 0 Å². The van der Waals surface area contributed by atoms with E-state index in [0.717, 1.165) is 11.4 Å². The Morgan fingerprint density at radius 2 is 2.33 bits per heavy atom. The number of hydrazine groups is 1. The highest BCUT2D eigenvalue weighted by Gasteiger charge is 1.99. The maximum absolute atomic E-state index is 5.19. The Bertz CT molecular complexity index is 399. The fourth-order valence-corrected chi connectivity index (χ4v) is 2.67. The lowest BCUT2D eigenvalue weighted by Gasteiger charge is -2.00. The van der Waals surface area contributed by atoms with Gasteiger partial charge in [0.15, 0.2) is 5.82 Å². The van der Waals surface area contributed by atoms with Crippen LogP contribution in [0.4, 0.5) is 5.82 Å². The molecule has 0 aromatic carbocycles. The van der Waals surface area contributed by atoms with Gasteiger partial charge in [0.05, 0.1) is 22.3 Å². The molecule has 3 N–H and O–H groups in total. The van der Waals surface area contributed by atoms with Gasteiger partial charge in [0, 0.05) is 5.75 Å². The third-order valence-electron chi connectivity index (χ3n) is 1.71. The van der Waals surface area contributed by atoms with Gasteiger partial charge in [-0.25, -0.2) is 10.8 Å². The molecule has 0 saturated carbocycles. The van der Waals surface area contributed by atoms with E-state index in [1.165, 1.54) is 4.21 Å². The standard InChI is InChI=1S/C9H10N4S2/c10-13-8-5-11-7(4-12-8)6-15-9-2-1-3-14-9/h1-5H,6,10H2,(H,12,13). The summed E-state index contributed by atoms with van der Waals surface area (Å²) in [5, 5.41) is 2.06. The monoisotopic (exact) mass is 238 g/mol. The summed E-state index contributed by atoms with van der Waals surface area (Å²) in [6.07, 6.45) is 3.36. The normalized spacial score (nSPS) is 10.2. The Labute approximate surface area is 95.9 Å². The molecule has 2 heterocycles. The van der Waals surface area contributed by atoms with Crippen LogP contribution in [0, 0.1) is 0 Å². The zero-order chi connectivity index (χ0) is 10.5. The lowest BCUT2D eigenvalue weighted by Crippen LogP contribution is -2.08. The molecule has 0 bridgehead atoms. The zero-order valence-corrected chi connectivity index (χ0v) is 9.52. The van der Waals surface area contributed by atoms with Crippen LogP contribution in [-0.2, 0) is 5.75 Å². The van der Waals surface area contributed by atoms with Gasteiger partial charge in [-0.2, -0.15) is 0 Å². The maximum atomic E-state index is 5.19. The second-order valence-electron chi connectivity index (χ2n) is 2.76. The molecule has 2 aromatic rings. The molecule has 2 rings (SSSR count). The summed E-state index contributed by atoms with van der Waals surface area (Å²) in [5.41, 5.74) is 3.40. The van der Waals surface area contributed by atoms with Crippen molar-refractivity contribution in [3.8, 4) is 0 Å². The lowest BCUT2D eigenvalue weighted by molar-refractivity contribution is 1.08. The lowest BCUT2D eigenvalue weighted by atomic mass is 10.5. The number of anilines is 1. The average molecular weight is 238 g/mol. The first kappa shape index (κ1) is 10.4. The molecule has 2 aromatic heterocycles. The van der Waals surface area contributed by atoms with Crippen molar-refractivity contribution in [1.82, 2.24) is 9.97 Å². The molecule has 0 aliphatic heterocycles. The van der Waals surface area contributed by atoms with Gasteiger partial charge in [-0.3, -0.25) is 4.98 Å². The van der Waals surface area contributed by atoms with Crippen molar-refractivity contribution in [2.24, 2.45) is 5.84 Å². The summed E-state index contributed by atoms with van der Waals surface area (Å²) >= 11 is 3.49. The molecule has 0 saturated heterocycles. The van der Waals surface area contributed by atoms with Gasteiger partial charge < -0.3 is 5.43 Å². The van der Waals surface area contributed by atoms with E-state index in [2.05, 4.69) is 26.8 Å². The van der Waals surface area contributed by atoms with Crippen LogP contribution in [0.1, 0.15) is 5.69 Å². The molecule has 0 spiro atoms. The number of rotatable bonds is 4. The van der Waals surface area contributed by atoms with Crippen LogP contribution in [-0.4, -0.2) is 9.97 Å². The summed E-state index contributed by atoms with van der Waals surface area (Å²) in [4.78, 5) is 8.32. The van der Waals surface area contributed by atoms with Crippen molar-refractivity contribution >= 4 is 28.9 Å². The van der Waals surface area contributed by atoms with Crippen LogP contribution < -0.4 is 11.3 Å². The molecule has 0 atom stereocenters. The third kappa shape index (κ3) is 2.92. The number of nitrogens with one attached hydrogen (secondary N) is 1. The van der Waals surface area contributed by atoms with Crippen LogP contribution in [0.15, 0.2) is 34.1 Å².